The summed E-state index contributed by atoms with van der Waals surface area (Å²) in [7, 11) is 0. The van der Waals surface area contributed by atoms with Gasteiger partial charge < -0.3 is 11.1 Å². The Kier molecular flexibility index (Phi) is 3.07. The van der Waals surface area contributed by atoms with Gasteiger partial charge in [0.1, 0.15) is 5.82 Å². The van der Waals surface area contributed by atoms with Gasteiger partial charge in [-0.25, -0.2) is 9.78 Å². The molecule has 0 aliphatic carbocycles. The van der Waals surface area contributed by atoms with Crippen LogP contribution in [-0.2, 0) is 11.3 Å². The number of carbonyl (C=O) groups is 2. The van der Waals surface area contributed by atoms with Crippen molar-refractivity contribution in [1.82, 2.24) is 15.2 Å². The van der Waals surface area contributed by atoms with Gasteiger partial charge in [-0.1, -0.05) is 0 Å². The first-order valence-electron chi connectivity index (χ1n) is 5.56. The van der Waals surface area contributed by atoms with Gasteiger partial charge in [0.2, 0.25) is 5.54 Å². The summed E-state index contributed by atoms with van der Waals surface area (Å²) in [6, 6.07) is 1.74. The van der Waals surface area contributed by atoms with Gasteiger partial charge in [0, 0.05) is 6.20 Å². The molecule has 0 saturated carbocycles. The Morgan fingerprint density at radius 3 is 2.60 bits per heavy atom. The molecule has 0 spiro atoms. The number of nitrogens with zero attached hydrogens (tertiary/aromatic N) is 2. The van der Waals surface area contributed by atoms with Gasteiger partial charge in [0.15, 0.2) is 0 Å². The molecule has 6 nitrogen and oxygen atoms in total. The van der Waals surface area contributed by atoms with E-state index in [1.54, 1.807) is 5.32 Å². The minimum absolute atomic E-state index is 0.146. The lowest BCUT2D eigenvalue weighted by Crippen LogP contribution is -2.56. The van der Waals surface area contributed by atoms with Crippen LogP contribution >= 0.6 is 0 Å². The third kappa shape index (κ3) is 2.15. The van der Waals surface area contributed by atoms with Gasteiger partial charge in [-0.2, -0.15) is 13.2 Å². The van der Waals surface area contributed by atoms with Crippen LogP contribution in [0.15, 0.2) is 18.3 Å². The minimum Gasteiger partial charge on any atom is -0.384 e. The average Bonchev–Trinajstić information content (AvgIpc) is 2.53. The molecule has 1 aromatic rings. The SMILES string of the molecule is CC1(C(F)(F)F)NC(=O)N(Cc2ccnc(N)c2)C1=O. The number of halogens is 3. The van der Waals surface area contributed by atoms with Crippen molar-refractivity contribution in [1.29, 1.82) is 0 Å². The minimum atomic E-state index is -4.87. The monoisotopic (exact) mass is 288 g/mol. The smallest absolute Gasteiger partial charge is 0.384 e. The Bertz CT molecular complexity index is 575. The molecule has 0 radical (unpaired) electrons. The van der Waals surface area contributed by atoms with Gasteiger partial charge in [0.25, 0.3) is 5.91 Å². The van der Waals surface area contributed by atoms with E-state index in [1.807, 2.05) is 0 Å². The number of anilines is 1. The lowest BCUT2D eigenvalue weighted by molar-refractivity contribution is -0.191. The first-order chi connectivity index (χ1) is 9.15. The third-order valence-electron chi connectivity index (χ3n) is 3.03. The zero-order chi connectivity index (χ0) is 15.1. The predicted molar refractivity (Wildman–Crippen MR) is 62.2 cm³/mol. The Balaban J connectivity index is 2.26. The van der Waals surface area contributed by atoms with Gasteiger partial charge >= 0.3 is 12.2 Å². The van der Waals surface area contributed by atoms with Gasteiger partial charge in [-0.15, -0.1) is 0 Å². The molecule has 1 unspecified atom stereocenters. The summed E-state index contributed by atoms with van der Waals surface area (Å²) in [6.07, 6.45) is -3.53. The summed E-state index contributed by atoms with van der Waals surface area (Å²) in [5, 5.41) is 1.67. The van der Waals surface area contributed by atoms with E-state index < -0.39 is 23.7 Å². The standard InChI is InChI=1S/C11H11F3N4O2/c1-10(11(12,13)14)8(19)18(9(20)17-10)5-6-2-3-16-7(15)4-6/h2-4H,5H2,1H3,(H2,15,16)(H,17,20). The van der Waals surface area contributed by atoms with Crippen LogP contribution in [0.1, 0.15) is 12.5 Å². The van der Waals surface area contributed by atoms with Crippen molar-refractivity contribution in [2.75, 3.05) is 5.73 Å². The van der Waals surface area contributed by atoms with Crippen molar-refractivity contribution in [3.05, 3.63) is 23.9 Å². The Morgan fingerprint density at radius 2 is 2.10 bits per heavy atom. The lowest BCUT2D eigenvalue weighted by atomic mass is 10.0. The highest BCUT2D eigenvalue weighted by Crippen LogP contribution is 2.35. The van der Waals surface area contributed by atoms with E-state index >= 15 is 0 Å². The quantitative estimate of drug-likeness (QED) is 0.796. The van der Waals surface area contributed by atoms with E-state index in [4.69, 9.17) is 5.73 Å². The second-order valence-electron chi connectivity index (χ2n) is 4.53. The number of alkyl halides is 3. The van der Waals surface area contributed by atoms with E-state index in [9.17, 15) is 22.8 Å². The maximum Gasteiger partial charge on any atom is 0.420 e. The third-order valence-corrected chi connectivity index (χ3v) is 3.03. The number of nitrogens with two attached hydrogens (primary N) is 1. The Hall–Kier alpha value is -2.32. The number of pyridine rings is 1. The van der Waals surface area contributed by atoms with Crippen molar-refractivity contribution in [2.24, 2.45) is 0 Å². The highest BCUT2D eigenvalue weighted by atomic mass is 19.4. The summed E-state index contributed by atoms with van der Waals surface area (Å²) in [5.41, 5.74) is 2.94. The van der Waals surface area contributed by atoms with E-state index in [-0.39, 0.29) is 12.4 Å². The second kappa shape index (κ2) is 4.36. The fourth-order valence-electron chi connectivity index (χ4n) is 1.81. The fourth-order valence-corrected chi connectivity index (χ4v) is 1.81. The zero-order valence-corrected chi connectivity index (χ0v) is 10.4. The van der Waals surface area contributed by atoms with Crippen LogP contribution in [-0.4, -0.2) is 33.5 Å². The molecule has 1 aromatic heterocycles. The number of nitrogen functional groups attached to an aromatic ring is 1. The molecule has 9 heteroatoms. The first kappa shape index (κ1) is 14.1. The molecule has 1 aliphatic heterocycles. The molecule has 2 rings (SSSR count). The topological polar surface area (TPSA) is 88.3 Å². The molecule has 1 fully saturated rings. The van der Waals surface area contributed by atoms with Gasteiger partial charge in [-0.3, -0.25) is 9.69 Å². The summed E-state index contributed by atoms with van der Waals surface area (Å²) in [6.45, 7) is 0.331. The van der Waals surface area contributed by atoms with Crippen LogP contribution in [0, 0.1) is 0 Å². The highest BCUT2D eigenvalue weighted by Gasteiger charge is 2.64. The average molecular weight is 288 g/mol. The zero-order valence-electron chi connectivity index (χ0n) is 10.4. The summed E-state index contributed by atoms with van der Waals surface area (Å²) in [4.78, 5) is 27.6. The molecular weight excluding hydrogens is 277 g/mol. The Morgan fingerprint density at radius 1 is 1.45 bits per heavy atom. The van der Waals surface area contributed by atoms with Crippen molar-refractivity contribution < 1.29 is 22.8 Å². The molecule has 1 saturated heterocycles. The number of carbonyl (C=O) groups excluding carboxylic acids is 2. The largest absolute Gasteiger partial charge is 0.420 e. The maximum absolute atomic E-state index is 12.9. The molecule has 20 heavy (non-hydrogen) atoms. The van der Waals surface area contributed by atoms with E-state index in [0.29, 0.717) is 17.4 Å². The molecule has 2 heterocycles. The number of urea groups is 1. The molecule has 3 N–H and O–H groups in total. The summed E-state index contributed by atoms with van der Waals surface area (Å²) in [5.74, 6) is -1.20. The molecule has 3 amide bonds. The normalized spacial score (nSPS) is 23.1. The number of imide groups is 1. The molecule has 0 aromatic carbocycles. The number of nitrogens with one attached hydrogen (secondary N) is 1. The van der Waals surface area contributed by atoms with Crippen LogP contribution < -0.4 is 11.1 Å². The number of hydrogen-bond donors (Lipinski definition) is 2. The molecule has 108 valence electrons. The van der Waals surface area contributed by atoms with Crippen molar-refractivity contribution in [3.8, 4) is 0 Å². The number of hydrogen-bond acceptors (Lipinski definition) is 4. The van der Waals surface area contributed by atoms with Crippen LogP contribution in [0.25, 0.3) is 0 Å². The van der Waals surface area contributed by atoms with Gasteiger partial charge in [0.05, 0.1) is 6.54 Å². The van der Waals surface area contributed by atoms with Crippen LogP contribution in [0.3, 0.4) is 0 Å². The number of aromatic nitrogens is 1. The molecule has 0 bridgehead atoms. The number of amides is 3. The highest BCUT2D eigenvalue weighted by molar-refractivity contribution is 6.07. The molecular formula is C11H11F3N4O2. The summed E-state index contributed by atoms with van der Waals surface area (Å²) >= 11 is 0. The van der Waals surface area contributed by atoms with E-state index in [1.165, 1.54) is 18.3 Å². The molecule has 1 atom stereocenters. The lowest BCUT2D eigenvalue weighted by Gasteiger charge is -2.24. The van der Waals surface area contributed by atoms with Crippen molar-refractivity contribution in [3.63, 3.8) is 0 Å². The van der Waals surface area contributed by atoms with E-state index in [2.05, 4.69) is 4.98 Å². The number of rotatable bonds is 2. The van der Waals surface area contributed by atoms with Crippen LogP contribution in [0.5, 0.6) is 0 Å². The van der Waals surface area contributed by atoms with Crippen molar-refractivity contribution >= 4 is 17.8 Å². The van der Waals surface area contributed by atoms with Crippen molar-refractivity contribution in [2.45, 2.75) is 25.2 Å². The molecule has 1 aliphatic rings. The van der Waals surface area contributed by atoms with E-state index in [0.717, 1.165) is 0 Å². The predicted octanol–water partition coefficient (Wildman–Crippen LogP) is 1.04. The van der Waals surface area contributed by atoms with Crippen LogP contribution in [0.4, 0.5) is 23.8 Å². The second-order valence-corrected chi connectivity index (χ2v) is 4.53. The first-order valence-corrected chi connectivity index (χ1v) is 5.56. The fraction of sp³-hybridized carbons (Fsp3) is 0.364. The van der Waals surface area contributed by atoms with Crippen LogP contribution in [0.2, 0.25) is 0 Å². The maximum atomic E-state index is 12.9. The summed E-state index contributed by atoms with van der Waals surface area (Å²) < 4.78 is 38.6. The van der Waals surface area contributed by atoms with Gasteiger partial charge in [-0.05, 0) is 24.6 Å². The Labute approximate surface area is 111 Å².